The number of hydrogen-bond acceptors (Lipinski definition) is 5. The van der Waals surface area contributed by atoms with E-state index in [1.807, 2.05) is 0 Å². The van der Waals surface area contributed by atoms with Crippen molar-refractivity contribution in [3.05, 3.63) is 49.1 Å². The molecule has 1 aromatic carbocycles. The second kappa shape index (κ2) is 5.72. The first-order chi connectivity index (χ1) is 8.97. The van der Waals surface area contributed by atoms with Crippen molar-refractivity contribution in [2.75, 3.05) is 0 Å². The van der Waals surface area contributed by atoms with Crippen molar-refractivity contribution in [2.45, 2.75) is 9.79 Å². The molecule has 0 fully saturated rings. The van der Waals surface area contributed by atoms with Crippen molar-refractivity contribution in [3.8, 4) is 0 Å². The Labute approximate surface area is 124 Å². The van der Waals surface area contributed by atoms with Gasteiger partial charge in [0.2, 0.25) is 0 Å². The van der Waals surface area contributed by atoms with Crippen LogP contribution in [0.4, 0.5) is 5.69 Å². The van der Waals surface area contributed by atoms with Gasteiger partial charge in [-0.05, 0) is 18.2 Å². The van der Waals surface area contributed by atoms with Crippen LogP contribution in [-0.2, 0) is 0 Å². The van der Waals surface area contributed by atoms with E-state index in [4.69, 9.17) is 5.11 Å². The summed E-state index contributed by atoms with van der Waals surface area (Å²) < 4.78 is 0.731. The lowest BCUT2D eigenvalue weighted by atomic mass is 10.3. The summed E-state index contributed by atoms with van der Waals surface area (Å²) in [6, 6.07) is 6.15. The van der Waals surface area contributed by atoms with Gasteiger partial charge in [0.05, 0.1) is 9.82 Å². The highest BCUT2D eigenvalue weighted by Gasteiger charge is 2.16. The molecular formula is C11H6BrNO4S2. The lowest BCUT2D eigenvalue weighted by molar-refractivity contribution is -0.387. The summed E-state index contributed by atoms with van der Waals surface area (Å²) in [6.07, 6.45) is 0. The zero-order chi connectivity index (χ0) is 14.0. The first kappa shape index (κ1) is 14.0. The molecule has 0 bridgehead atoms. The van der Waals surface area contributed by atoms with Gasteiger partial charge < -0.3 is 5.11 Å². The number of benzene rings is 1. The van der Waals surface area contributed by atoms with Crippen LogP contribution >= 0.6 is 39.0 Å². The zero-order valence-electron chi connectivity index (χ0n) is 9.20. The molecule has 0 aliphatic heterocycles. The van der Waals surface area contributed by atoms with Gasteiger partial charge in [0, 0.05) is 20.8 Å². The molecule has 0 aliphatic carbocycles. The van der Waals surface area contributed by atoms with Crippen molar-refractivity contribution in [2.24, 2.45) is 0 Å². The number of aromatic carboxylic acids is 1. The molecule has 0 unspecified atom stereocenters. The summed E-state index contributed by atoms with van der Waals surface area (Å²) >= 11 is 5.52. The standard InChI is InChI=1S/C11H6BrNO4S2/c12-6-1-2-8(13(16)17)9(3-6)19-7-4-10(11(14)15)18-5-7/h1-5H,(H,14,15). The van der Waals surface area contributed by atoms with Gasteiger partial charge >= 0.3 is 5.97 Å². The third kappa shape index (κ3) is 3.34. The van der Waals surface area contributed by atoms with Crippen LogP contribution in [0.15, 0.2) is 43.9 Å². The van der Waals surface area contributed by atoms with E-state index in [-0.39, 0.29) is 10.6 Å². The third-order valence-electron chi connectivity index (χ3n) is 2.13. The van der Waals surface area contributed by atoms with Gasteiger partial charge in [0.1, 0.15) is 4.88 Å². The van der Waals surface area contributed by atoms with Crippen LogP contribution in [0, 0.1) is 10.1 Å². The predicted molar refractivity (Wildman–Crippen MR) is 76.2 cm³/mol. The summed E-state index contributed by atoms with van der Waals surface area (Å²) in [6.45, 7) is 0. The number of nitro groups is 1. The van der Waals surface area contributed by atoms with Gasteiger partial charge in [-0.2, -0.15) is 0 Å². The zero-order valence-corrected chi connectivity index (χ0v) is 12.4. The Morgan fingerprint density at radius 1 is 1.42 bits per heavy atom. The summed E-state index contributed by atoms with van der Waals surface area (Å²) in [5, 5.41) is 21.4. The Hall–Kier alpha value is -1.38. The van der Waals surface area contributed by atoms with Crippen molar-refractivity contribution in [1.29, 1.82) is 0 Å². The highest BCUT2D eigenvalue weighted by molar-refractivity contribution is 9.10. The van der Waals surface area contributed by atoms with E-state index >= 15 is 0 Å². The molecule has 2 aromatic rings. The predicted octanol–water partition coefficient (Wildman–Crippen LogP) is 4.27. The Morgan fingerprint density at radius 3 is 2.74 bits per heavy atom. The number of thiophene rings is 1. The molecule has 0 atom stereocenters. The Bertz CT molecular complexity index is 656. The number of nitrogens with zero attached hydrogens (tertiary/aromatic N) is 1. The number of carboxylic acid groups (broad SMARTS) is 1. The SMILES string of the molecule is O=C(O)c1cc(Sc2cc(Br)ccc2[N+](=O)[O-])cs1. The molecule has 5 nitrogen and oxygen atoms in total. The molecule has 0 radical (unpaired) electrons. The molecule has 1 aromatic heterocycles. The van der Waals surface area contributed by atoms with Crippen LogP contribution in [0.5, 0.6) is 0 Å². The quantitative estimate of drug-likeness (QED) is 0.651. The molecule has 1 N–H and O–H groups in total. The van der Waals surface area contributed by atoms with Gasteiger partial charge in [-0.3, -0.25) is 10.1 Å². The fourth-order valence-electron chi connectivity index (χ4n) is 1.33. The van der Waals surface area contributed by atoms with E-state index in [9.17, 15) is 14.9 Å². The molecule has 98 valence electrons. The lowest BCUT2D eigenvalue weighted by Crippen LogP contribution is -1.91. The number of halogens is 1. The minimum absolute atomic E-state index is 0.00345. The maximum atomic E-state index is 10.9. The van der Waals surface area contributed by atoms with Gasteiger partial charge in [-0.25, -0.2) is 4.79 Å². The number of hydrogen-bond donors (Lipinski definition) is 1. The normalized spacial score (nSPS) is 10.4. The highest BCUT2D eigenvalue weighted by atomic mass is 79.9. The van der Waals surface area contributed by atoms with Crippen LogP contribution < -0.4 is 0 Å². The molecule has 19 heavy (non-hydrogen) atoms. The van der Waals surface area contributed by atoms with Crippen LogP contribution in [-0.4, -0.2) is 16.0 Å². The third-order valence-corrected chi connectivity index (χ3v) is 4.71. The van der Waals surface area contributed by atoms with E-state index in [1.54, 1.807) is 17.5 Å². The van der Waals surface area contributed by atoms with E-state index in [0.29, 0.717) is 9.79 Å². The summed E-state index contributed by atoms with van der Waals surface area (Å²) in [5.41, 5.74) is -0.00345. The summed E-state index contributed by atoms with van der Waals surface area (Å²) in [4.78, 5) is 22.6. The van der Waals surface area contributed by atoms with E-state index in [1.165, 1.54) is 23.9 Å². The van der Waals surface area contributed by atoms with Crippen LogP contribution in [0.2, 0.25) is 0 Å². The maximum Gasteiger partial charge on any atom is 0.345 e. The summed E-state index contributed by atoms with van der Waals surface area (Å²) in [7, 11) is 0. The monoisotopic (exact) mass is 359 g/mol. The topological polar surface area (TPSA) is 80.4 Å². The number of carboxylic acids is 1. The van der Waals surface area contributed by atoms with Crippen LogP contribution in [0.25, 0.3) is 0 Å². The molecule has 0 spiro atoms. The number of carbonyl (C=O) groups is 1. The van der Waals surface area contributed by atoms with Crippen LogP contribution in [0.3, 0.4) is 0 Å². The molecule has 0 aliphatic rings. The largest absolute Gasteiger partial charge is 0.477 e. The molecule has 0 amide bonds. The van der Waals surface area contributed by atoms with Crippen molar-refractivity contribution < 1.29 is 14.8 Å². The minimum atomic E-state index is -0.999. The smallest absolute Gasteiger partial charge is 0.345 e. The Kier molecular flexibility index (Phi) is 4.23. The average molecular weight is 360 g/mol. The van der Waals surface area contributed by atoms with Gasteiger partial charge in [0.15, 0.2) is 0 Å². The van der Waals surface area contributed by atoms with Gasteiger partial charge in [-0.15, -0.1) is 11.3 Å². The Morgan fingerprint density at radius 2 is 2.16 bits per heavy atom. The highest BCUT2D eigenvalue weighted by Crippen LogP contribution is 2.38. The van der Waals surface area contributed by atoms with Gasteiger partial charge in [0.25, 0.3) is 5.69 Å². The molecular weight excluding hydrogens is 354 g/mol. The van der Waals surface area contributed by atoms with Crippen molar-refractivity contribution in [1.82, 2.24) is 0 Å². The lowest BCUT2D eigenvalue weighted by Gasteiger charge is -2.01. The molecule has 0 saturated heterocycles. The van der Waals surface area contributed by atoms with E-state index in [2.05, 4.69) is 15.9 Å². The van der Waals surface area contributed by atoms with E-state index < -0.39 is 10.9 Å². The van der Waals surface area contributed by atoms with Crippen molar-refractivity contribution >= 4 is 50.7 Å². The molecule has 1 heterocycles. The second-order valence-corrected chi connectivity index (χ2v) is 6.37. The van der Waals surface area contributed by atoms with Crippen LogP contribution in [0.1, 0.15) is 9.67 Å². The van der Waals surface area contributed by atoms with E-state index in [0.717, 1.165) is 15.8 Å². The maximum absolute atomic E-state index is 10.9. The fourth-order valence-corrected chi connectivity index (χ4v) is 3.73. The molecule has 8 heteroatoms. The number of nitro benzene ring substituents is 1. The summed E-state index contributed by atoms with van der Waals surface area (Å²) in [5.74, 6) is -0.999. The minimum Gasteiger partial charge on any atom is -0.477 e. The van der Waals surface area contributed by atoms with Crippen molar-refractivity contribution in [3.63, 3.8) is 0 Å². The first-order valence-electron chi connectivity index (χ1n) is 4.91. The second-order valence-electron chi connectivity index (χ2n) is 3.42. The number of rotatable bonds is 4. The Balaban J connectivity index is 2.33. The molecule has 0 saturated carbocycles. The van der Waals surface area contributed by atoms with Gasteiger partial charge in [-0.1, -0.05) is 27.7 Å². The fraction of sp³-hybridized carbons (Fsp3) is 0. The molecule has 2 rings (SSSR count). The first-order valence-corrected chi connectivity index (χ1v) is 7.40. The average Bonchev–Trinajstić information content (AvgIpc) is 2.77.